The van der Waals surface area contributed by atoms with Gasteiger partial charge in [0.15, 0.2) is 0 Å². The highest BCUT2D eigenvalue weighted by atomic mass is 32.2. The van der Waals surface area contributed by atoms with Crippen LogP contribution in [0.1, 0.15) is 11.5 Å². The van der Waals surface area contributed by atoms with Crippen LogP contribution in [0.3, 0.4) is 0 Å². The van der Waals surface area contributed by atoms with E-state index in [1.165, 1.54) is 4.90 Å². The van der Waals surface area contributed by atoms with E-state index in [0.29, 0.717) is 0 Å². The number of nitrogens with zero attached hydrogens (tertiary/aromatic N) is 1. The summed E-state index contributed by atoms with van der Waals surface area (Å²) in [7, 11) is 0. The number of hydrogen-bond donors (Lipinski definition) is 1. The summed E-state index contributed by atoms with van der Waals surface area (Å²) in [5.41, 5.74) is 7.76. The van der Waals surface area contributed by atoms with Gasteiger partial charge in [0.25, 0.3) is 0 Å². The van der Waals surface area contributed by atoms with E-state index in [1.54, 1.807) is 18.0 Å². The van der Waals surface area contributed by atoms with Gasteiger partial charge in [0, 0.05) is 33.2 Å². The molecule has 96 valence electrons. The molecular formula is C15H14N2OS. The molecule has 0 fully saturated rings. The summed E-state index contributed by atoms with van der Waals surface area (Å²) in [6, 6.07) is 8.03. The van der Waals surface area contributed by atoms with Crippen LogP contribution in [0.25, 0.3) is 10.8 Å². The van der Waals surface area contributed by atoms with Crippen molar-refractivity contribution in [2.75, 3.05) is 5.73 Å². The molecule has 0 spiro atoms. The first kappa shape index (κ1) is 12.1. The zero-order valence-corrected chi connectivity index (χ0v) is 11.6. The average Bonchev–Trinajstić information content (AvgIpc) is 2.78. The topological polar surface area (TPSA) is 52.0 Å². The number of nitrogen functional groups attached to an aromatic ring is 1. The summed E-state index contributed by atoms with van der Waals surface area (Å²) < 4.78 is 5.34. The fraction of sp³-hybridized carbons (Fsp3) is 0.133. The van der Waals surface area contributed by atoms with Crippen LogP contribution in [0.5, 0.6) is 0 Å². The Morgan fingerprint density at radius 2 is 1.95 bits per heavy atom. The van der Waals surface area contributed by atoms with E-state index >= 15 is 0 Å². The summed E-state index contributed by atoms with van der Waals surface area (Å²) in [6.45, 7) is 3.95. The summed E-state index contributed by atoms with van der Waals surface area (Å²) in [5, 5.41) is 2.13. The second kappa shape index (κ2) is 4.63. The molecule has 0 saturated carbocycles. The second-order valence-electron chi connectivity index (χ2n) is 4.47. The Labute approximate surface area is 115 Å². The van der Waals surface area contributed by atoms with Gasteiger partial charge >= 0.3 is 0 Å². The molecule has 0 unspecified atom stereocenters. The maximum Gasteiger partial charge on any atom is 0.114 e. The lowest BCUT2D eigenvalue weighted by Gasteiger charge is -2.08. The molecule has 0 bridgehead atoms. The first-order valence-corrected chi connectivity index (χ1v) is 6.83. The van der Waals surface area contributed by atoms with Crippen molar-refractivity contribution in [3.8, 4) is 0 Å². The smallest absolute Gasteiger partial charge is 0.114 e. The third-order valence-corrected chi connectivity index (χ3v) is 4.28. The molecule has 3 nitrogen and oxygen atoms in total. The largest absolute Gasteiger partial charge is 0.468 e. The van der Waals surface area contributed by atoms with Gasteiger partial charge in [-0.05, 0) is 38.1 Å². The fourth-order valence-corrected chi connectivity index (χ4v) is 2.99. The van der Waals surface area contributed by atoms with Crippen molar-refractivity contribution < 1.29 is 4.42 Å². The van der Waals surface area contributed by atoms with E-state index in [4.69, 9.17) is 10.2 Å². The minimum atomic E-state index is 0.760. The van der Waals surface area contributed by atoms with Crippen LogP contribution in [0.15, 0.2) is 50.9 Å². The van der Waals surface area contributed by atoms with Crippen molar-refractivity contribution in [2.24, 2.45) is 0 Å². The molecule has 0 atom stereocenters. The van der Waals surface area contributed by atoms with Gasteiger partial charge in [-0.25, -0.2) is 0 Å². The number of furan rings is 1. The van der Waals surface area contributed by atoms with Gasteiger partial charge in [0.2, 0.25) is 0 Å². The Hall–Kier alpha value is -1.94. The molecule has 4 heteroatoms. The first-order chi connectivity index (χ1) is 9.15. The Balaban J connectivity index is 2.16. The SMILES string of the molecule is Cc1cc2c(Sc3ccoc3C)ccc(N)c2cn1. The maximum absolute atomic E-state index is 6.01. The van der Waals surface area contributed by atoms with Crippen LogP contribution < -0.4 is 5.73 Å². The highest BCUT2D eigenvalue weighted by Crippen LogP contribution is 2.37. The minimum absolute atomic E-state index is 0.760. The van der Waals surface area contributed by atoms with Crippen molar-refractivity contribution in [1.82, 2.24) is 4.98 Å². The third-order valence-electron chi connectivity index (χ3n) is 3.06. The summed E-state index contributed by atoms with van der Waals surface area (Å²) in [6.07, 6.45) is 3.55. The van der Waals surface area contributed by atoms with Crippen molar-refractivity contribution in [2.45, 2.75) is 23.6 Å². The highest BCUT2D eigenvalue weighted by Gasteiger charge is 2.09. The van der Waals surface area contributed by atoms with Gasteiger partial charge in [-0.3, -0.25) is 4.98 Å². The number of anilines is 1. The number of fused-ring (bicyclic) bond motifs is 1. The lowest BCUT2D eigenvalue weighted by atomic mass is 10.1. The predicted molar refractivity (Wildman–Crippen MR) is 78.5 cm³/mol. The number of rotatable bonds is 2. The van der Waals surface area contributed by atoms with Crippen LogP contribution in [-0.4, -0.2) is 4.98 Å². The van der Waals surface area contributed by atoms with Crippen LogP contribution in [0.2, 0.25) is 0 Å². The van der Waals surface area contributed by atoms with Crippen molar-refractivity contribution in [3.05, 3.63) is 48.2 Å². The molecule has 0 saturated heterocycles. The van der Waals surface area contributed by atoms with Gasteiger partial charge < -0.3 is 10.2 Å². The monoisotopic (exact) mass is 270 g/mol. The molecular weight excluding hydrogens is 256 g/mol. The van der Waals surface area contributed by atoms with Crippen LogP contribution in [0.4, 0.5) is 5.69 Å². The highest BCUT2D eigenvalue weighted by molar-refractivity contribution is 7.99. The molecule has 0 amide bonds. The quantitative estimate of drug-likeness (QED) is 0.710. The van der Waals surface area contributed by atoms with Crippen LogP contribution >= 0.6 is 11.8 Å². The lowest BCUT2D eigenvalue weighted by molar-refractivity contribution is 0.527. The average molecular weight is 270 g/mol. The molecule has 19 heavy (non-hydrogen) atoms. The predicted octanol–water partition coefficient (Wildman–Crippen LogP) is 4.18. The minimum Gasteiger partial charge on any atom is -0.468 e. The normalized spacial score (nSPS) is 11.1. The van der Waals surface area contributed by atoms with E-state index in [9.17, 15) is 0 Å². The number of benzene rings is 1. The van der Waals surface area contributed by atoms with Gasteiger partial charge in [-0.15, -0.1) is 0 Å². The molecule has 0 aliphatic rings. The van der Waals surface area contributed by atoms with E-state index in [1.807, 2.05) is 38.2 Å². The number of aryl methyl sites for hydroxylation is 2. The molecule has 3 rings (SSSR count). The molecule has 2 N–H and O–H groups in total. The standard InChI is InChI=1S/C15H14N2OS/c1-9-7-11-12(8-17-9)13(16)3-4-15(11)19-14-5-6-18-10(14)2/h3-8H,16H2,1-2H3. The number of pyridine rings is 1. The Morgan fingerprint density at radius 1 is 1.11 bits per heavy atom. The van der Waals surface area contributed by atoms with Gasteiger partial charge in [-0.1, -0.05) is 11.8 Å². The molecule has 2 aromatic heterocycles. The number of aromatic nitrogens is 1. The molecule has 2 heterocycles. The number of hydrogen-bond acceptors (Lipinski definition) is 4. The molecule has 3 aromatic rings. The zero-order valence-electron chi connectivity index (χ0n) is 10.8. The van der Waals surface area contributed by atoms with Crippen LogP contribution in [-0.2, 0) is 0 Å². The molecule has 0 radical (unpaired) electrons. The van der Waals surface area contributed by atoms with E-state index in [0.717, 1.165) is 32.8 Å². The molecule has 0 aliphatic carbocycles. The summed E-state index contributed by atoms with van der Waals surface area (Å²) in [5.74, 6) is 0.931. The van der Waals surface area contributed by atoms with Crippen molar-refractivity contribution in [3.63, 3.8) is 0 Å². The lowest BCUT2D eigenvalue weighted by Crippen LogP contribution is -1.91. The first-order valence-electron chi connectivity index (χ1n) is 6.02. The van der Waals surface area contributed by atoms with Crippen molar-refractivity contribution in [1.29, 1.82) is 0 Å². The second-order valence-corrected chi connectivity index (χ2v) is 5.55. The molecule has 1 aromatic carbocycles. The Morgan fingerprint density at radius 3 is 2.68 bits per heavy atom. The van der Waals surface area contributed by atoms with E-state index < -0.39 is 0 Å². The van der Waals surface area contributed by atoms with Crippen molar-refractivity contribution >= 4 is 28.2 Å². The third kappa shape index (κ3) is 2.19. The van der Waals surface area contributed by atoms with Crippen LogP contribution in [0, 0.1) is 13.8 Å². The van der Waals surface area contributed by atoms with Gasteiger partial charge in [0.1, 0.15) is 5.76 Å². The fourth-order valence-electron chi connectivity index (χ4n) is 2.03. The maximum atomic E-state index is 6.01. The van der Waals surface area contributed by atoms with Gasteiger partial charge in [0.05, 0.1) is 11.2 Å². The van der Waals surface area contributed by atoms with Gasteiger partial charge in [-0.2, -0.15) is 0 Å². The Kier molecular flexibility index (Phi) is 2.95. The molecule has 0 aliphatic heterocycles. The summed E-state index contributed by atoms with van der Waals surface area (Å²) in [4.78, 5) is 6.61. The number of nitrogens with two attached hydrogens (primary N) is 1. The summed E-state index contributed by atoms with van der Waals surface area (Å²) >= 11 is 1.69. The zero-order chi connectivity index (χ0) is 13.4. The van der Waals surface area contributed by atoms with E-state index in [-0.39, 0.29) is 0 Å². The van der Waals surface area contributed by atoms with E-state index in [2.05, 4.69) is 11.1 Å². The Bertz CT molecular complexity index is 749.